The monoisotopic (exact) mass is 272 g/mol. The summed E-state index contributed by atoms with van der Waals surface area (Å²) in [5.41, 5.74) is 6.85. The highest BCUT2D eigenvalue weighted by Crippen LogP contribution is 2.23. The lowest BCUT2D eigenvalue weighted by atomic mass is 10.2. The Morgan fingerprint density at radius 3 is 2.94 bits per heavy atom. The van der Waals surface area contributed by atoms with Gasteiger partial charge in [0.15, 0.2) is 0 Å². The van der Waals surface area contributed by atoms with Gasteiger partial charge in [0.25, 0.3) is 0 Å². The molecule has 0 aliphatic rings. The molecule has 1 aromatic carbocycles. The number of hydrogen-bond donors (Lipinski definition) is 2. The predicted octanol–water partition coefficient (Wildman–Crippen LogP) is 3.39. The van der Waals surface area contributed by atoms with Gasteiger partial charge in [-0.1, -0.05) is 18.5 Å². The van der Waals surface area contributed by atoms with Crippen LogP contribution in [0.15, 0.2) is 18.2 Å². The second kappa shape index (κ2) is 7.45. The second-order valence-electron chi connectivity index (χ2n) is 3.64. The molecular formula is C12H17ClN2OS. The van der Waals surface area contributed by atoms with Crippen LogP contribution in [0.25, 0.3) is 0 Å². The molecule has 17 heavy (non-hydrogen) atoms. The minimum absolute atomic E-state index is 0.0254. The summed E-state index contributed by atoms with van der Waals surface area (Å²) in [5, 5.41) is 3.33. The Morgan fingerprint density at radius 2 is 2.24 bits per heavy atom. The first-order chi connectivity index (χ1) is 8.13. The Balaban J connectivity index is 2.42. The first kappa shape index (κ1) is 14.2. The zero-order valence-corrected chi connectivity index (χ0v) is 11.4. The van der Waals surface area contributed by atoms with Gasteiger partial charge in [-0.15, -0.1) is 0 Å². The standard InChI is InChI=1S/C12H17ClN2OS/c1-2-6-17-7-5-12(16)15-11-8-9(13)3-4-10(11)14/h3-4,8H,2,5-7,14H2,1H3,(H,15,16). The van der Waals surface area contributed by atoms with Crippen molar-refractivity contribution in [1.29, 1.82) is 0 Å². The number of hydrogen-bond acceptors (Lipinski definition) is 3. The lowest BCUT2D eigenvalue weighted by molar-refractivity contribution is -0.115. The largest absolute Gasteiger partial charge is 0.397 e. The van der Waals surface area contributed by atoms with E-state index in [1.165, 1.54) is 0 Å². The second-order valence-corrected chi connectivity index (χ2v) is 5.30. The number of rotatable bonds is 6. The molecule has 0 fully saturated rings. The van der Waals surface area contributed by atoms with Gasteiger partial charge in [-0.25, -0.2) is 0 Å². The fourth-order valence-electron chi connectivity index (χ4n) is 1.26. The summed E-state index contributed by atoms with van der Waals surface area (Å²) >= 11 is 7.62. The Morgan fingerprint density at radius 1 is 1.47 bits per heavy atom. The van der Waals surface area contributed by atoms with Gasteiger partial charge in [-0.2, -0.15) is 11.8 Å². The van der Waals surface area contributed by atoms with Crippen molar-refractivity contribution in [2.45, 2.75) is 19.8 Å². The molecule has 0 aromatic heterocycles. The smallest absolute Gasteiger partial charge is 0.225 e. The van der Waals surface area contributed by atoms with Crippen molar-refractivity contribution in [2.24, 2.45) is 0 Å². The van der Waals surface area contributed by atoms with E-state index in [4.69, 9.17) is 17.3 Å². The summed E-state index contributed by atoms with van der Waals surface area (Å²) in [6.45, 7) is 2.12. The third-order valence-corrected chi connectivity index (χ3v) is 3.54. The van der Waals surface area contributed by atoms with Crippen molar-refractivity contribution in [1.82, 2.24) is 0 Å². The number of nitrogens with two attached hydrogens (primary N) is 1. The Labute approximate surface area is 111 Å². The Bertz CT molecular complexity index is 385. The molecule has 0 saturated heterocycles. The molecule has 1 amide bonds. The summed E-state index contributed by atoms with van der Waals surface area (Å²) in [4.78, 5) is 11.6. The summed E-state index contributed by atoms with van der Waals surface area (Å²) in [5.74, 6) is 1.90. The summed E-state index contributed by atoms with van der Waals surface area (Å²) in [7, 11) is 0. The third-order valence-electron chi connectivity index (χ3n) is 2.11. The lowest BCUT2D eigenvalue weighted by Gasteiger charge is -2.08. The molecule has 1 aromatic rings. The van der Waals surface area contributed by atoms with Crippen LogP contribution in [-0.2, 0) is 4.79 Å². The van der Waals surface area contributed by atoms with Crippen molar-refractivity contribution >= 4 is 40.6 Å². The number of carbonyl (C=O) groups excluding carboxylic acids is 1. The maximum Gasteiger partial charge on any atom is 0.225 e. The van der Waals surface area contributed by atoms with Gasteiger partial charge in [-0.3, -0.25) is 4.79 Å². The fourth-order valence-corrected chi connectivity index (χ4v) is 2.26. The van der Waals surface area contributed by atoms with Gasteiger partial charge in [0, 0.05) is 17.2 Å². The van der Waals surface area contributed by atoms with Gasteiger partial charge in [0.2, 0.25) is 5.91 Å². The molecule has 3 N–H and O–H groups in total. The molecule has 0 radical (unpaired) electrons. The number of amides is 1. The first-order valence-corrected chi connectivity index (χ1v) is 7.09. The molecular weight excluding hydrogens is 256 g/mol. The van der Waals surface area contributed by atoms with Crippen LogP contribution in [0.5, 0.6) is 0 Å². The lowest BCUT2D eigenvalue weighted by Crippen LogP contribution is -2.13. The van der Waals surface area contributed by atoms with E-state index in [0.29, 0.717) is 22.8 Å². The summed E-state index contributed by atoms with van der Waals surface area (Å²) < 4.78 is 0. The van der Waals surface area contributed by atoms with Crippen LogP contribution in [-0.4, -0.2) is 17.4 Å². The summed E-state index contributed by atoms with van der Waals surface area (Å²) in [6, 6.07) is 5.04. The van der Waals surface area contributed by atoms with Crippen LogP contribution >= 0.6 is 23.4 Å². The normalized spacial score (nSPS) is 10.2. The minimum atomic E-state index is -0.0254. The number of anilines is 2. The molecule has 0 aliphatic carbocycles. The highest BCUT2D eigenvalue weighted by Gasteiger charge is 2.05. The number of nitrogens with one attached hydrogen (secondary N) is 1. The highest BCUT2D eigenvalue weighted by atomic mass is 35.5. The van der Waals surface area contributed by atoms with Gasteiger partial charge >= 0.3 is 0 Å². The third kappa shape index (κ3) is 5.33. The number of benzene rings is 1. The van der Waals surface area contributed by atoms with Crippen LogP contribution in [0, 0.1) is 0 Å². The van der Waals surface area contributed by atoms with Crippen LogP contribution in [0.1, 0.15) is 19.8 Å². The van der Waals surface area contributed by atoms with Crippen molar-refractivity contribution in [3.8, 4) is 0 Å². The van der Waals surface area contributed by atoms with Crippen LogP contribution in [0.4, 0.5) is 11.4 Å². The van der Waals surface area contributed by atoms with Crippen molar-refractivity contribution in [3.05, 3.63) is 23.2 Å². The topological polar surface area (TPSA) is 55.1 Å². The van der Waals surface area contributed by atoms with Crippen molar-refractivity contribution < 1.29 is 4.79 Å². The average Bonchev–Trinajstić information content (AvgIpc) is 2.29. The Hall–Kier alpha value is -0.870. The van der Waals surface area contributed by atoms with Crippen LogP contribution in [0.3, 0.4) is 0 Å². The van der Waals surface area contributed by atoms with Gasteiger partial charge in [0.05, 0.1) is 11.4 Å². The molecule has 0 atom stereocenters. The molecule has 1 rings (SSSR count). The number of thioether (sulfide) groups is 1. The van der Waals surface area contributed by atoms with Crippen molar-refractivity contribution in [3.63, 3.8) is 0 Å². The van der Waals surface area contributed by atoms with Crippen LogP contribution < -0.4 is 11.1 Å². The van der Waals surface area contributed by atoms with E-state index in [1.807, 2.05) is 0 Å². The van der Waals surface area contributed by atoms with Crippen LogP contribution in [0.2, 0.25) is 5.02 Å². The quantitative estimate of drug-likeness (QED) is 0.616. The van der Waals surface area contributed by atoms with E-state index in [0.717, 1.165) is 17.9 Å². The number of carbonyl (C=O) groups is 1. The maximum absolute atomic E-state index is 11.6. The average molecular weight is 273 g/mol. The number of nitrogen functional groups attached to an aromatic ring is 1. The molecule has 0 bridgehead atoms. The van der Waals surface area contributed by atoms with E-state index in [-0.39, 0.29) is 5.91 Å². The molecule has 94 valence electrons. The molecule has 0 saturated carbocycles. The van der Waals surface area contributed by atoms with Gasteiger partial charge in [0.1, 0.15) is 0 Å². The van der Waals surface area contributed by atoms with E-state index in [1.54, 1.807) is 30.0 Å². The molecule has 5 heteroatoms. The zero-order chi connectivity index (χ0) is 12.7. The van der Waals surface area contributed by atoms with E-state index >= 15 is 0 Å². The molecule has 0 unspecified atom stereocenters. The first-order valence-electron chi connectivity index (χ1n) is 5.56. The van der Waals surface area contributed by atoms with E-state index in [2.05, 4.69) is 12.2 Å². The zero-order valence-electron chi connectivity index (χ0n) is 9.83. The van der Waals surface area contributed by atoms with Gasteiger partial charge in [-0.05, 0) is 30.4 Å². The van der Waals surface area contributed by atoms with E-state index in [9.17, 15) is 4.79 Å². The molecule has 3 nitrogen and oxygen atoms in total. The Kier molecular flexibility index (Phi) is 6.22. The van der Waals surface area contributed by atoms with Crippen molar-refractivity contribution in [2.75, 3.05) is 22.6 Å². The number of halogens is 1. The molecule has 0 spiro atoms. The SMILES string of the molecule is CCCSCCC(=O)Nc1cc(Cl)ccc1N. The molecule has 0 aliphatic heterocycles. The minimum Gasteiger partial charge on any atom is -0.397 e. The maximum atomic E-state index is 11.6. The highest BCUT2D eigenvalue weighted by molar-refractivity contribution is 7.99. The summed E-state index contributed by atoms with van der Waals surface area (Å²) in [6.07, 6.45) is 1.63. The molecule has 0 heterocycles. The van der Waals surface area contributed by atoms with E-state index < -0.39 is 0 Å². The predicted molar refractivity (Wildman–Crippen MR) is 76.7 cm³/mol. The fraction of sp³-hybridized carbons (Fsp3) is 0.417. The van der Waals surface area contributed by atoms with Gasteiger partial charge < -0.3 is 11.1 Å².